The fraction of sp³-hybridized carbons (Fsp3) is 0.600. The van der Waals surface area contributed by atoms with Crippen LogP contribution in [0.4, 0.5) is 0 Å². The highest BCUT2D eigenvalue weighted by Crippen LogP contribution is 2.43. The van der Waals surface area contributed by atoms with E-state index in [4.69, 9.17) is 39.5 Å². The molecule has 1 aliphatic rings. The van der Waals surface area contributed by atoms with Crippen molar-refractivity contribution in [3.63, 3.8) is 0 Å². The molecule has 1 fully saturated rings. The second-order valence-electron chi connectivity index (χ2n) is 3.82. The molecule has 1 saturated heterocycles. The van der Waals surface area contributed by atoms with Crippen LogP contribution >= 0.6 is 46.1 Å². The molecule has 84 valence electrons. The van der Waals surface area contributed by atoms with Crippen LogP contribution in [-0.2, 0) is 4.74 Å². The van der Waals surface area contributed by atoms with Crippen molar-refractivity contribution in [3.05, 3.63) is 20.3 Å². The molecule has 2 rings (SSSR count). The van der Waals surface area contributed by atoms with E-state index < -0.39 is 0 Å². The summed E-state index contributed by atoms with van der Waals surface area (Å²) in [4.78, 5) is 0. The Balaban J connectivity index is 2.13. The number of rotatable bonds is 2. The van der Waals surface area contributed by atoms with Gasteiger partial charge in [0.05, 0.1) is 26.8 Å². The molecule has 1 aromatic rings. The minimum Gasteiger partial charge on any atom is -0.378 e. The molecule has 3 atom stereocenters. The van der Waals surface area contributed by atoms with Gasteiger partial charge >= 0.3 is 0 Å². The summed E-state index contributed by atoms with van der Waals surface area (Å²) < 4.78 is 6.88. The molecule has 3 unspecified atom stereocenters. The van der Waals surface area contributed by atoms with E-state index in [1.807, 2.05) is 6.07 Å². The molecule has 5 heteroatoms. The van der Waals surface area contributed by atoms with E-state index in [9.17, 15) is 0 Å². The SMILES string of the molecule is CC1CC(C(Cl)c2cc(Cl)sc2Cl)CO1. The van der Waals surface area contributed by atoms with Crippen LogP contribution < -0.4 is 0 Å². The number of hydrogen-bond acceptors (Lipinski definition) is 2. The molecule has 0 aliphatic carbocycles. The molecule has 0 saturated carbocycles. The van der Waals surface area contributed by atoms with Crippen LogP contribution in [0.1, 0.15) is 24.3 Å². The second-order valence-corrected chi connectivity index (χ2v) is 6.58. The third-order valence-electron chi connectivity index (χ3n) is 2.62. The molecule has 2 heterocycles. The second kappa shape index (κ2) is 4.80. The first kappa shape index (κ1) is 12.0. The van der Waals surface area contributed by atoms with Crippen LogP contribution in [0.5, 0.6) is 0 Å². The molecule has 1 aromatic heterocycles. The summed E-state index contributed by atoms with van der Waals surface area (Å²) in [6.07, 6.45) is 1.28. The molecule has 0 N–H and O–H groups in total. The van der Waals surface area contributed by atoms with Gasteiger partial charge in [0.25, 0.3) is 0 Å². The van der Waals surface area contributed by atoms with Crippen LogP contribution in [0, 0.1) is 5.92 Å². The van der Waals surface area contributed by atoms with Crippen LogP contribution in [0.2, 0.25) is 8.67 Å². The topological polar surface area (TPSA) is 9.23 Å². The third-order valence-corrected chi connectivity index (χ3v) is 4.73. The maximum Gasteiger partial charge on any atom is 0.0991 e. The van der Waals surface area contributed by atoms with Gasteiger partial charge in [-0.3, -0.25) is 0 Å². The van der Waals surface area contributed by atoms with Gasteiger partial charge in [-0.2, -0.15) is 0 Å². The van der Waals surface area contributed by atoms with E-state index in [1.54, 1.807) is 0 Å². The van der Waals surface area contributed by atoms with Gasteiger partial charge in [0.1, 0.15) is 0 Å². The first-order valence-corrected chi connectivity index (χ1v) is 6.79. The molecule has 0 spiro atoms. The van der Waals surface area contributed by atoms with E-state index in [2.05, 4.69) is 6.92 Å². The molecule has 0 amide bonds. The Morgan fingerprint density at radius 2 is 2.27 bits per heavy atom. The maximum absolute atomic E-state index is 6.38. The Morgan fingerprint density at radius 3 is 2.73 bits per heavy atom. The summed E-state index contributed by atoms with van der Waals surface area (Å²) in [5.41, 5.74) is 0.941. The molecular formula is C10H11Cl3OS. The molecule has 0 radical (unpaired) electrons. The number of hydrogen-bond donors (Lipinski definition) is 0. The predicted octanol–water partition coefficient (Wildman–Crippen LogP) is 4.76. The summed E-state index contributed by atoms with van der Waals surface area (Å²) >= 11 is 19.7. The fourth-order valence-electron chi connectivity index (χ4n) is 1.85. The third kappa shape index (κ3) is 2.62. The zero-order chi connectivity index (χ0) is 11.0. The average molecular weight is 286 g/mol. The Hall–Kier alpha value is 0.530. The smallest absolute Gasteiger partial charge is 0.0991 e. The van der Waals surface area contributed by atoms with Crippen LogP contribution in [-0.4, -0.2) is 12.7 Å². The van der Waals surface area contributed by atoms with Gasteiger partial charge in [0.2, 0.25) is 0 Å². The lowest BCUT2D eigenvalue weighted by molar-refractivity contribution is 0.120. The predicted molar refractivity (Wildman–Crippen MR) is 66.5 cm³/mol. The number of alkyl halides is 1. The number of thiophene rings is 1. The van der Waals surface area contributed by atoms with Crippen molar-refractivity contribution in [2.75, 3.05) is 6.61 Å². The monoisotopic (exact) mass is 284 g/mol. The number of ether oxygens (including phenoxy) is 1. The first-order chi connectivity index (χ1) is 7.08. The lowest BCUT2D eigenvalue weighted by Crippen LogP contribution is -2.07. The summed E-state index contributed by atoms with van der Waals surface area (Å²) in [5.74, 6) is 0.338. The van der Waals surface area contributed by atoms with E-state index in [0.29, 0.717) is 27.3 Å². The molecule has 1 aliphatic heterocycles. The van der Waals surface area contributed by atoms with E-state index in [0.717, 1.165) is 12.0 Å². The maximum atomic E-state index is 6.38. The van der Waals surface area contributed by atoms with Crippen molar-refractivity contribution in [1.82, 2.24) is 0 Å². The lowest BCUT2D eigenvalue weighted by atomic mass is 9.98. The first-order valence-electron chi connectivity index (χ1n) is 4.78. The van der Waals surface area contributed by atoms with Crippen LogP contribution in [0.25, 0.3) is 0 Å². The Bertz CT molecular complexity index is 352. The quantitative estimate of drug-likeness (QED) is 0.712. The van der Waals surface area contributed by atoms with Crippen molar-refractivity contribution in [3.8, 4) is 0 Å². The van der Waals surface area contributed by atoms with Crippen molar-refractivity contribution in [1.29, 1.82) is 0 Å². The van der Waals surface area contributed by atoms with Gasteiger partial charge in [-0.05, 0) is 19.4 Å². The van der Waals surface area contributed by atoms with Gasteiger partial charge in [-0.25, -0.2) is 0 Å². The van der Waals surface area contributed by atoms with Gasteiger partial charge in [0.15, 0.2) is 0 Å². The summed E-state index contributed by atoms with van der Waals surface area (Å²) in [7, 11) is 0. The Labute approximate surface area is 108 Å². The highest BCUT2D eigenvalue weighted by Gasteiger charge is 2.31. The zero-order valence-corrected chi connectivity index (χ0v) is 11.3. The summed E-state index contributed by atoms with van der Waals surface area (Å²) in [5, 5.41) is -0.0915. The van der Waals surface area contributed by atoms with Crippen LogP contribution in [0.3, 0.4) is 0 Å². The molecule has 0 aromatic carbocycles. The molecule has 15 heavy (non-hydrogen) atoms. The molecule has 1 nitrogen and oxygen atoms in total. The van der Waals surface area contributed by atoms with E-state index >= 15 is 0 Å². The van der Waals surface area contributed by atoms with Gasteiger partial charge in [-0.15, -0.1) is 22.9 Å². The van der Waals surface area contributed by atoms with Crippen molar-refractivity contribution in [2.45, 2.75) is 24.8 Å². The minimum atomic E-state index is -0.0915. The van der Waals surface area contributed by atoms with E-state index in [-0.39, 0.29) is 5.38 Å². The van der Waals surface area contributed by atoms with Crippen molar-refractivity contribution >= 4 is 46.1 Å². The lowest BCUT2D eigenvalue weighted by Gasteiger charge is -2.14. The van der Waals surface area contributed by atoms with Gasteiger partial charge in [0, 0.05) is 11.5 Å². The summed E-state index contributed by atoms with van der Waals surface area (Å²) in [6, 6.07) is 1.86. The van der Waals surface area contributed by atoms with E-state index in [1.165, 1.54) is 11.3 Å². The fourth-order valence-corrected chi connectivity index (χ4v) is 3.87. The zero-order valence-electron chi connectivity index (χ0n) is 8.17. The molecular weight excluding hydrogens is 275 g/mol. The number of halogens is 3. The Morgan fingerprint density at radius 1 is 1.53 bits per heavy atom. The largest absolute Gasteiger partial charge is 0.378 e. The van der Waals surface area contributed by atoms with Crippen molar-refractivity contribution in [2.24, 2.45) is 5.92 Å². The summed E-state index contributed by atoms with van der Waals surface area (Å²) in [6.45, 7) is 2.77. The standard InChI is InChI=1S/C10H11Cl3OS/c1-5-2-6(4-14-5)9(12)7-3-8(11)15-10(7)13/h3,5-6,9H,2,4H2,1H3. The normalized spacial score (nSPS) is 28.3. The van der Waals surface area contributed by atoms with Gasteiger partial charge in [-0.1, -0.05) is 23.2 Å². The van der Waals surface area contributed by atoms with Gasteiger partial charge < -0.3 is 4.74 Å². The minimum absolute atomic E-state index is 0.0915. The van der Waals surface area contributed by atoms with Crippen LogP contribution in [0.15, 0.2) is 6.07 Å². The highest BCUT2D eigenvalue weighted by atomic mass is 35.5. The molecule has 0 bridgehead atoms. The highest BCUT2D eigenvalue weighted by molar-refractivity contribution is 7.20. The average Bonchev–Trinajstić information content (AvgIpc) is 2.71. The van der Waals surface area contributed by atoms with Crippen molar-refractivity contribution < 1.29 is 4.74 Å². The Kier molecular flexibility index (Phi) is 3.84.